The van der Waals surface area contributed by atoms with Crippen LogP contribution in [0.4, 0.5) is 0 Å². The summed E-state index contributed by atoms with van der Waals surface area (Å²) in [6, 6.07) is 47.2. The fourth-order valence-corrected chi connectivity index (χ4v) is 15.2. The molecule has 19 atom stereocenters. The molecule has 4 aliphatic heterocycles. The van der Waals surface area contributed by atoms with Crippen molar-refractivity contribution in [1.29, 1.82) is 0 Å². The van der Waals surface area contributed by atoms with Crippen LogP contribution < -0.4 is 0 Å². The largest absolute Gasteiger partial charge is 0.463 e. The topological polar surface area (TPSA) is 486 Å². The highest BCUT2D eigenvalue weighted by molar-refractivity contribution is 6.21. The summed E-state index contributed by atoms with van der Waals surface area (Å²) in [7, 11) is 0. The van der Waals surface area contributed by atoms with Crippen LogP contribution in [0.25, 0.3) is 0 Å². The Morgan fingerprint density at radius 2 is 0.639 bits per heavy atom. The highest BCUT2D eigenvalue weighted by Crippen LogP contribution is 2.43. The molecule has 0 amide bonds. The molecule has 14 rings (SSSR count). The molecule has 0 spiro atoms. The van der Waals surface area contributed by atoms with Gasteiger partial charge in [-0.15, -0.1) is 32.0 Å². The number of carbonyl (C=O) groups excluding carboxylic acids is 11. The Labute approximate surface area is 762 Å². The van der Waals surface area contributed by atoms with Crippen molar-refractivity contribution in [3.8, 4) is 0 Å². The lowest BCUT2D eigenvalue weighted by Gasteiger charge is -2.45. The molecule has 0 aliphatic carbocycles. The van der Waals surface area contributed by atoms with E-state index in [4.69, 9.17) is 102 Å². The molecule has 4 aliphatic rings. The predicted octanol–water partition coefficient (Wildman–Crippen LogP) is 6.78. The van der Waals surface area contributed by atoms with Crippen LogP contribution in [0.5, 0.6) is 0 Å². The third-order valence-electron chi connectivity index (χ3n) is 20.9. The Bertz CT molecular complexity index is 5670. The Kier molecular flexibility index (Phi) is 31.7. The van der Waals surface area contributed by atoms with Gasteiger partial charge in [0.15, 0.2) is 73.6 Å². The van der Waals surface area contributed by atoms with Crippen LogP contribution in [0.1, 0.15) is 133 Å². The van der Waals surface area contributed by atoms with Crippen molar-refractivity contribution in [2.75, 3.05) is 6.61 Å². The third-order valence-corrected chi connectivity index (χ3v) is 21.4. The van der Waals surface area contributed by atoms with Gasteiger partial charge < -0.3 is 90.0 Å². The second kappa shape index (κ2) is 44.3. The minimum absolute atomic E-state index is 0.0354. The van der Waals surface area contributed by atoms with E-state index < -0.39 is 194 Å². The van der Waals surface area contributed by atoms with Crippen molar-refractivity contribution in [3.05, 3.63) is 263 Å². The minimum atomic E-state index is -2.16. The fraction of sp³-hybridized carbons (Fsp3) is 0.389. The summed E-state index contributed by atoms with van der Waals surface area (Å²) in [6.07, 6.45) is -21.1. The summed E-state index contributed by atoms with van der Waals surface area (Å²) < 4.78 is 123. The summed E-state index contributed by atoms with van der Waals surface area (Å²) in [4.78, 5) is 150. The van der Waals surface area contributed by atoms with Crippen molar-refractivity contribution < 1.29 is 143 Å². The molecule has 4 fully saturated rings. The summed E-state index contributed by atoms with van der Waals surface area (Å²) in [5.74, 6) is -11.8. The van der Waals surface area contributed by atoms with E-state index in [9.17, 15) is 52.7 Å². The summed E-state index contributed by atoms with van der Waals surface area (Å²) in [5, 5.41) is 33.2. The van der Waals surface area contributed by atoms with Gasteiger partial charge in [-0.05, 0) is 86.6 Å². The number of ether oxygens (including phenoxy) is 19. The second-order valence-corrected chi connectivity index (χ2v) is 31.3. The van der Waals surface area contributed by atoms with E-state index >= 15 is 0 Å². The first-order valence-electron chi connectivity index (χ1n) is 41.9. The molecule has 0 bridgehead atoms. The monoisotopic (exact) mass is 1850 g/mol. The molecule has 8 heterocycles. The average Bonchev–Trinajstić information content (AvgIpc) is 1.63. The first-order chi connectivity index (χ1) is 64.2. The van der Waals surface area contributed by atoms with Gasteiger partial charge in [0.05, 0.1) is 104 Å². The molecule has 6 aromatic carbocycles. The minimum Gasteiger partial charge on any atom is -0.463 e. The zero-order chi connectivity index (χ0) is 93.8. The summed E-state index contributed by atoms with van der Waals surface area (Å²) in [5.41, 5.74) is 1.22. The Morgan fingerprint density at radius 3 is 0.985 bits per heavy atom. The number of aryl methyl sites for hydroxylation is 1. The maximum Gasteiger partial charge on any atom is 0.338 e. The number of hydrogen-bond donors (Lipinski definition) is 0. The van der Waals surface area contributed by atoms with Crippen molar-refractivity contribution in [3.63, 3.8) is 0 Å². The molecular weight excluding hydrogens is 1760 g/mol. The SMILES string of the molecule is CCn1cc(COC2O[C@H](Cn3cc(COC4O[C@H](Cn5cc(COCc6cn(CC7O[C@@](C)(O[C@H]8O[C@H](COC(C)=O)[C@H](Cl)[C@H](OC(C)=O)[C@H]8OC(C)=O)[C@@H](OC(C)=O)[C@@H]7OC(C)=O)nn6)nn5)[C@@H](OC(=O)c5ccccc5)[C@H](OC(=O)c5ccccc5)[C@@H]4OC(=O)c4ccccc4)nn3)[C@@H](OC(=O)c3ccccc3)[C@H](OC(=O)c3ccccc3)[C@@H]2OC(=O)c2ccccc2)nn1. The van der Waals surface area contributed by atoms with Crippen LogP contribution >= 0.6 is 11.6 Å². The number of hydrogen-bond acceptors (Lipinski definition) is 38. The highest BCUT2D eigenvalue weighted by atomic mass is 35.5. The normalized spacial score (nSPS) is 24.9. The van der Waals surface area contributed by atoms with Crippen molar-refractivity contribution in [2.24, 2.45) is 0 Å². The van der Waals surface area contributed by atoms with Gasteiger partial charge in [0.1, 0.15) is 59.2 Å². The summed E-state index contributed by atoms with van der Waals surface area (Å²) in [6.45, 7) is 6.25. The van der Waals surface area contributed by atoms with Crippen LogP contribution in [0.3, 0.4) is 0 Å². The number of carbonyl (C=O) groups is 11. The number of rotatable bonds is 37. The smallest absolute Gasteiger partial charge is 0.338 e. The van der Waals surface area contributed by atoms with Gasteiger partial charge in [-0.2, -0.15) is 0 Å². The lowest BCUT2D eigenvalue weighted by molar-refractivity contribution is -0.361. The van der Waals surface area contributed by atoms with Crippen LogP contribution in [-0.2, 0) is 167 Å². The molecule has 42 nitrogen and oxygen atoms in total. The van der Waals surface area contributed by atoms with Gasteiger partial charge in [0, 0.05) is 41.2 Å². The molecular formula is C90H91ClN12O30. The van der Waals surface area contributed by atoms with E-state index in [1.54, 1.807) is 120 Å². The number of benzene rings is 6. The fourth-order valence-electron chi connectivity index (χ4n) is 14.9. The standard InChI is InChI=1S/C90H91ClN12O30/c1-8-100-39-64(94-96-100)48-117-87-78(130-85(113)60-35-23-13-24-36-60)76(129-84(112)59-33-21-12-22-34-59)72(127-82(110)57-29-17-10-18-30-57)67(124-87)44-102-42-65(95-99-102)49-118-88-79(131-86(114)61-37-25-14-26-38-61)75(128-83(111)58-31-19-11-20-32-58)71(126-81(109)56-27-15-9-16-28-56)66(123-88)43-101-40-62(92-97-101)46-115-47-63-41-103(98-93-63)45-68-73(119-52(3)105)80(122-55(6)108)90(7,132-68)133-89-77(121-54(5)107)74(120-53(4)106)70(91)69(125-89)50-116-51(2)104/h9-42,66-80,87-89H,8,43-50H2,1-7H3/t66-,67-,68?,69-,70+,71-,72-,73-,74+,75+,76+,77-,78+,79+,80+,87?,88?,89-,90+/m1/s1. The Hall–Kier alpha value is -14.0. The maximum atomic E-state index is 14.7. The van der Waals surface area contributed by atoms with Gasteiger partial charge in [-0.1, -0.05) is 130 Å². The van der Waals surface area contributed by atoms with E-state index in [-0.39, 0.29) is 89.9 Å². The molecule has 133 heavy (non-hydrogen) atoms. The number of alkyl halides is 1. The van der Waals surface area contributed by atoms with E-state index in [0.29, 0.717) is 12.2 Å². The zero-order valence-electron chi connectivity index (χ0n) is 72.4. The molecule has 4 saturated heterocycles. The quantitative estimate of drug-likeness (QED) is 0.0220. The van der Waals surface area contributed by atoms with Gasteiger partial charge in [0.2, 0.25) is 12.1 Å². The molecule has 698 valence electrons. The molecule has 43 heteroatoms. The van der Waals surface area contributed by atoms with Crippen LogP contribution in [-0.4, -0.2) is 248 Å². The third kappa shape index (κ3) is 24.8. The lowest BCUT2D eigenvalue weighted by Crippen LogP contribution is -2.63. The highest BCUT2D eigenvalue weighted by Gasteiger charge is 2.62. The van der Waals surface area contributed by atoms with E-state index in [2.05, 4.69) is 41.2 Å². The van der Waals surface area contributed by atoms with E-state index in [0.717, 1.165) is 34.6 Å². The average molecular weight is 1860 g/mol. The molecule has 0 saturated carbocycles. The first-order valence-corrected chi connectivity index (χ1v) is 42.3. The van der Waals surface area contributed by atoms with Gasteiger partial charge in [0.25, 0.3) is 0 Å². The van der Waals surface area contributed by atoms with Crippen LogP contribution in [0.2, 0.25) is 0 Å². The maximum absolute atomic E-state index is 14.7. The van der Waals surface area contributed by atoms with E-state index in [1.807, 2.05) is 6.92 Å². The second-order valence-electron chi connectivity index (χ2n) is 30.8. The van der Waals surface area contributed by atoms with Crippen molar-refractivity contribution in [2.45, 2.75) is 217 Å². The zero-order valence-corrected chi connectivity index (χ0v) is 73.1. The van der Waals surface area contributed by atoms with Crippen molar-refractivity contribution >= 4 is 77.3 Å². The molecule has 3 unspecified atom stereocenters. The van der Waals surface area contributed by atoms with E-state index in [1.165, 1.54) is 112 Å². The summed E-state index contributed by atoms with van der Waals surface area (Å²) >= 11 is 6.76. The number of aromatic nitrogens is 12. The van der Waals surface area contributed by atoms with Gasteiger partial charge in [-0.3, -0.25) is 28.7 Å². The van der Waals surface area contributed by atoms with Gasteiger partial charge in [-0.25, -0.2) is 42.8 Å². The number of nitrogens with zero attached hydrogens (tertiary/aromatic N) is 12. The lowest BCUT2D eigenvalue weighted by atomic mass is 9.97. The molecule has 10 aromatic rings. The number of halogens is 1. The first kappa shape index (κ1) is 95.1. The Balaban J connectivity index is 0.737. The predicted molar refractivity (Wildman–Crippen MR) is 447 cm³/mol. The van der Waals surface area contributed by atoms with Crippen molar-refractivity contribution in [1.82, 2.24) is 60.0 Å². The molecule has 4 aromatic heterocycles. The molecule has 0 radical (unpaired) electrons. The van der Waals surface area contributed by atoms with Crippen LogP contribution in [0, 0.1) is 0 Å². The van der Waals surface area contributed by atoms with Gasteiger partial charge >= 0.3 is 65.7 Å². The number of esters is 11. The molecule has 0 N–H and O–H groups in total. The Morgan fingerprint density at radius 1 is 0.338 bits per heavy atom. The van der Waals surface area contributed by atoms with Crippen LogP contribution in [0.15, 0.2) is 207 Å².